The van der Waals surface area contributed by atoms with Crippen LogP contribution in [0.3, 0.4) is 0 Å². The molecule has 2 aromatic heterocycles. The number of thioether (sulfide) groups is 1. The lowest BCUT2D eigenvalue weighted by atomic mass is 10.2. The first-order chi connectivity index (χ1) is 16.9. The number of benzene rings is 2. The maximum absolute atomic E-state index is 12.5. The average molecular weight is 572 g/mol. The molecule has 35 heavy (non-hydrogen) atoms. The average Bonchev–Trinajstić information content (AvgIpc) is 3.50. The lowest BCUT2D eigenvalue weighted by Crippen LogP contribution is -2.28. The molecule has 180 valence electrons. The van der Waals surface area contributed by atoms with E-state index in [0.717, 1.165) is 15.7 Å². The highest BCUT2D eigenvalue weighted by Gasteiger charge is 2.20. The van der Waals surface area contributed by atoms with Gasteiger partial charge in [0.15, 0.2) is 16.1 Å². The molecular weight excluding hydrogens is 548 g/mol. The predicted molar refractivity (Wildman–Crippen MR) is 143 cm³/mol. The number of amides is 2. The van der Waals surface area contributed by atoms with Crippen molar-refractivity contribution in [2.75, 3.05) is 11.1 Å². The van der Waals surface area contributed by atoms with Gasteiger partial charge in [0.1, 0.15) is 0 Å². The SMILES string of the molecule is CCn1c(SCC(=O)Nc2nc(-c3ccc(Br)cc3)cs2)nnc1[C@H](C)NC(=O)c1ccccc1. The fraction of sp³-hybridized carbons (Fsp3) is 0.208. The first-order valence-electron chi connectivity index (χ1n) is 10.9. The van der Waals surface area contributed by atoms with Crippen molar-refractivity contribution in [2.45, 2.75) is 31.6 Å². The second-order valence-corrected chi connectivity index (χ2v) is 10.2. The zero-order valence-electron chi connectivity index (χ0n) is 19.1. The molecule has 2 amide bonds. The fourth-order valence-corrected chi connectivity index (χ4v) is 5.14. The molecule has 0 spiro atoms. The van der Waals surface area contributed by atoms with Crippen molar-refractivity contribution in [3.05, 3.63) is 75.8 Å². The van der Waals surface area contributed by atoms with Gasteiger partial charge in [-0.3, -0.25) is 9.59 Å². The van der Waals surface area contributed by atoms with Crippen molar-refractivity contribution in [1.82, 2.24) is 25.1 Å². The number of nitrogens with zero attached hydrogens (tertiary/aromatic N) is 4. The number of halogens is 1. The van der Waals surface area contributed by atoms with Gasteiger partial charge in [-0.2, -0.15) is 0 Å². The smallest absolute Gasteiger partial charge is 0.251 e. The first kappa shape index (κ1) is 25.1. The Morgan fingerprint density at radius 1 is 1.11 bits per heavy atom. The summed E-state index contributed by atoms with van der Waals surface area (Å²) in [7, 11) is 0. The number of carbonyl (C=O) groups excluding carboxylic acids is 2. The van der Waals surface area contributed by atoms with Gasteiger partial charge in [0.05, 0.1) is 17.5 Å². The van der Waals surface area contributed by atoms with E-state index in [0.29, 0.717) is 28.2 Å². The van der Waals surface area contributed by atoms with Crippen molar-refractivity contribution in [3.8, 4) is 11.3 Å². The van der Waals surface area contributed by atoms with Crippen LogP contribution in [0.15, 0.2) is 69.6 Å². The molecular formula is C24H23BrN6O2S2. The summed E-state index contributed by atoms with van der Waals surface area (Å²) < 4.78 is 2.90. The summed E-state index contributed by atoms with van der Waals surface area (Å²) in [6.45, 7) is 4.45. The molecule has 2 heterocycles. The lowest BCUT2D eigenvalue weighted by Gasteiger charge is -2.15. The van der Waals surface area contributed by atoms with Gasteiger partial charge in [0.25, 0.3) is 5.91 Å². The quantitative estimate of drug-likeness (QED) is 0.261. The third kappa shape index (κ3) is 6.36. The van der Waals surface area contributed by atoms with E-state index in [1.165, 1.54) is 23.1 Å². The van der Waals surface area contributed by atoms with E-state index in [4.69, 9.17) is 0 Å². The summed E-state index contributed by atoms with van der Waals surface area (Å²) in [5.74, 6) is 0.446. The van der Waals surface area contributed by atoms with Crippen LogP contribution in [0.5, 0.6) is 0 Å². The van der Waals surface area contributed by atoms with E-state index in [1.54, 1.807) is 12.1 Å². The van der Waals surface area contributed by atoms with E-state index in [2.05, 4.69) is 41.7 Å². The number of anilines is 1. The number of nitrogens with one attached hydrogen (secondary N) is 2. The zero-order chi connectivity index (χ0) is 24.8. The van der Waals surface area contributed by atoms with Crippen LogP contribution in [-0.4, -0.2) is 37.3 Å². The lowest BCUT2D eigenvalue weighted by molar-refractivity contribution is -0.113. The summed E-state index contributed by atoms with van der Waals surface area (Å²) in [6, 6.07) is 16.5. The summed E-state index contributed by atoms with van der Waals surface area (Å²) in [4.78, 5) is 29.5. The zero-order valence-corrected chi connectivity index (χ0v) is 22.3. The van der Waals surface area contributed by atoms with Gasteiger partial charge in [0.2, 0.25) is 5.91 Å². The summed E-state index contributed by atoms with van der Waals surface area (Å²) in [6.07, 6.45) is 0. The highest BCUT2D eigenvalue weighted by atomic mass is 79.9. The minimum absolute atomic E-state index is 0.163. The van der Waals surface area contributed by atoms with Gasteiger partial charge in [-0.15, -0.1) is 21.5 Å². The second kappa shape index (κ2) is 11.6. The molecule has 11 heteroatoms. The Morgan fingerprint density at radius 2 is 1.86 bits per heavy atom. The van der Waals surface area contributed by atoms with Crippen LogP contribution in [0.2, 0.25) is 0 Å². The molecule has 4 rings (SSSR count). The normalized spacial score (nSPS) is 11.7. The van der Waals surface area contributed by atoms with Crippen LogP contribution in [0.4, 0.5) is 5.13 Å². The summed E-state index contributed by atoms with van der Waals surface area (Å²) in [5, 5.41) is 17.4. The minimum Gasteiger partial charge on any atom is -0.342 e. The highest BCUT2D eigenvalue weighted by Crippen LogP contribution is 2.27. The summed E-state index contributed by atoms with van der Waals surface area (Å²) in [5.41, 5.74) is 2.38. The Labute approximate surface area is 219 Å². The minimum atomic E-state index is -0.342. The number of carbonyl (C=O) groups is 2. The fourth-order valence-electron chi connectivity index (χ4n) is 3.33. The highest BCUT2D eigenvalue weighted by molar-refractivity contribution is 9.10. The maximum atomic E-state index is 12.5. The molecule has 0 bridgehead atoms. The van der Waals surface area contributed by atoms with Crippen LogP contribution < -0.4 is 10.6 Å². The van der Waals surface area contributed by atoms with Gasteiger partial charge in [-0.25, -0.2) is 4.98 Å². The van der Waals surface area contributed by atoms with Crippen molar-refractivity contribution in [3.63, 3.8) is 0 Å². The molecule has 0 radical (unpaired) electrons. The molecule has 8 nitrogen and oxygen atoms in total. The standard InChI is InChI=1S/C24H23BrN6O2S2/c1-3-31-21(15(2)26-22(33)17-7-5-4-6-8-17)29-30-24(31)35-14-20(32)28-23-27-19(13-34-23)16-9-11-18(25)12-10-16/h4-13,15H,3,14H2,1-2H3,(H,26,33)(H,27,28,32)/t15-/m0/s1. The molecule has 0 aliphatic heterocycles. The van der Waals surface area contributed by atoms with Crippen LogP contribution in [0.1, 0.15) is 36.1 Å². The van der Waals surface area contributed by atoms with Gasteiger partial charge < -0.3 is 15.2 Å². The Morgan fingerprint density at radius 3 is 2.57 bits per heavy atom. The number of rotatable bonds is 9. The van der Waals surface area contributed by atoms with Crippen molar-refractivity contribution in [2.24, 2.45) is 0 Å². The predicted octanol–water partition coefficient (Wildman–Crippen LogP) is 5.41. The van der Waals surface area contributed by atoms with E-state index in [-0.39, 0.29) is 23.6 Å². The monoisotopic (exact) mass is 570 g/mol. The van der Waals surface area contributed by atoms with E-state index < -0.39 is 0 Å². The Bertz CT molecular complexity index is 1310. The number of hydrogen-bond donors (Lipinski definition) is 2. The van der Waals surface area contributed by atoms with E-state index in [1.807, 2.05) is 66.3 Å². The third-order valence-corrected chi connectivity index (χ3v) is 7.31. The molecule has 2 aromatic carbocycles. The van der Waals surface area contributed by atoms with Gasteiger partial charge >= 0.3 is 0 Å². The molecule has 0 aliphatic rings. The van der Waals surface area contributed by atoms with E-state index >= 15 is 0 Å². The topological polar surface area (TPSA) is 102 Å². The Balaban J connectivity index is 1.34. The van der Waals surface area contributed by atoms with Crippen LogP contribution in [-0.2, 0) is 11.3 Å². The van der Waals surface area contributed by atoms with Crippen molar-refractivity contribution >= 4 is 56.0 Å². The molecule has 0 saturated heterocycles. The third-order valence-electron chi connectivity index (χ3n) is 5.06. The van der Waals surface area contributed by atoms with Gasteiger partial charge in [0, 0.05) is 27.5 Å². The largest absolute Gasteiger partial charge is 0.342 e. The molecule has 1 atom stereocenters. The van der Waals surface area contributed by atoms with E-state index in [9.17, 15) is 9.59 Å². The molecule has 0 unspecified atom stereocenters. The van der Waals surface area contributed by atoms with Gasteiger partial charge in [-0.1, -0.05) is 58.0 Å². The molecule has 0 fully saturated rings. The van der Waals surface area contributed by atoms with Crippen LogP contribution >= 0.6 is 39.0 Å². The number of thiazole rings is 1. The molecule has 2 N–H and O–H groups in total. The maximum Gasteiger partial charge on any atom is 0.251 e. The van der Waals surface area contributed by atoms with Crippen molar-refractivity contribution < 1.29 is 9.59 Å². The number of aromatic nitrogens is 4. The van der Waals surface area contributed by atoms with Gasteiger partial charge in [-0.05, 0) is 38.1 Å². The van der Waals surface area contributed by atoms with Crippen LogP contribution in [0.25, 0.3) is 11.3 Å². The van der Waals surface area contributed by atoms with Crippen LogP contribution in [0, 0.1) is 0 Å². The molecule has 4 aromatic rings. The Kier molecular flexibility index (Phi) is 8.32. The second-order valence-electron chi connectivity index (χ2n) is 7.53. The summed E-state index contributed by atoms with van der Waals surface area (Å²) >= 11 is 6.10. The first-order valence-corrected chi connectivity index (χ1v) is 13.5. The van der Waals surface area contributed by atoms with Crippen molar-refractivity contribution in [1.29, 1.82) is 0 Å². The molecule has 0 aliphatic carbocycles. The Hall–Kier alpha value is -3.02. The molecule has 0 saturated carbocycles. The number of hydrogen-bond acceptors (Lipinski definition) is 7.